The summed E-state index contributed by atoms with van der Waals surface area (Å²) in [5.74, 6) is 0. The molecule has 0 spiro atoms. The summed E-state index contributed by atoms with van der Waals surface area (Å²) in [5.41, 5.74) is 3.07. The quantitative estimate of drug-likeness (QED) is 0.854. The Bertz CT molecular complexity index is 557. The van der Waals surface area contributed by atoms with E-state index in [0.717, 1.165) is 11.4 Å². The summed E-state index contributed by atoms with van der Waals surface area (Å²) >= 11 is 11.3. The van der Waals surface area contributed by atoms with Crippen molar-refractivity contribution in [3.05, 3.63) is 46.7 Å². The molecule has 0 aliphatic heterocycles. The van der Waals surface area contributed by atoms with E-state index >= 15 is 0 Å². The van der Waals surface area contributed by atoms with Crippen LogP contribution in [-0.4, -0.2) is 14.9 Å². The van der Waals surface area contributed by atoms with Gasteiger partial charge in [0.05, 0.1) is 23.5 Å². The van der Waals surface area contributed by atoms with E-state index in [0.29, 0.717) is 16.7 Å². The number of hydrogen-bond acceptors (Lipinski definition) is 2. The van der Waals surface area contributed by atoms with Crippen molar-refractivity contribution in [1.29, 1.82) is 0 Å². The lowest BCUT2D eigenvalue weighted by molar-refractivity contribution is 0.695. The number of nitrogens with one attached hydrogen (secondary N) is 2. The minimum absolute atomic E-state index is 0.535. The molecule has 0 radical (unpaired) electrons. The summed E-state index contributed by atoms with van der Waals surface area (Å²) in [6.07, 6.45) is 1.62. The van der Waals surface area contributed by atoms with Crippen LogP contribution < -0.4 is 10.6 Å². The van der Waals surface area contributed by atoms with Crippen LogP contribution >= 0.6 is 23.8 Å². The predicted octanol–water partition coefficient (Wildman–Crippen LogP) is 2.87. The van der Waals surface area contributed by atoms with Crippen molar-refractivity contribution in [3.63, 3.8) is 0 Å². The maximum absolute atomic E-state index is 6.02. The number of aromatic nitrogens is 2. The van der Waals surface area contributed by atoms with Gasteiger partial charge in [-0.3, -0.25) is 4.68 Å². The van der Waals surface area contributed by atoms with E-state index < -0.39 is 0 Å². The van der Waals surface area contributed by atoms with E-state index in [4.69, 9.17) is 23.8 Å². The molecule has 0 aliphatic carbocycles. The number of rotatable bonds is 3. The second-order valence-corrected chi connectivity index (χ2v) is 5.05. The third kappa shape index (κ3) is 3.68. The third-order valence-electron chi connectivity index (χ3n) is 2.74. The Morgan fingerprint density at radius 1 is 1.37 bits per heavy atom. The first-order chi connectivity index (χ1) is 9.06. The maximum Gasteiger partial charge on any atom is 0.171 e. The highest BCUT2D eigenvalue weighted by atomic mass is 35.5. The smallest absolute Gasteiger partial charge is 0.171 e. The van der Waals surface area contributed by atoms with Gasteiger partial charge < -0.3 is 10.6 Å². The Labute approximate surface area is 122 Å². The lowest BCUT2D eigenvalue weighted by atomic mass is 10.2. The van der Waals surface area contributed by atoms with E-state index in [1.165, 1.54) is 5.56 Å². The average Bonchev–Trinajstić information content (AvgIpc) is 2.70. The summed E-state index contributed by atoms with van der Waals surface area (Å²) in [7, 11) is 1.85. The Balaban J connectivity index is 1.90. The van der Waals surface area contributed by atoms with Gasteiger partial charge in [-0.05, 0) is 31.3 Å². The predicted molar refractivity (Wildman–Crippen MR) is 82.5 cm³/mol. The van der Waals surface area contributed by atoms with Crippen molar-refractivity contribution in [1.82, 2.24) is 15.1 Å². The second kappa shape index (κ2) is 6.04. The second-order valence-electron chi connectivity index (χ2n) is 4.24. The third-order valence-corrected chi connectivity index (χ3v) is 3.30. The van der Waals surface area contributed by atoms with E-state index in [1.807, 2.05) is 38.2 Å². The number of nitrogens with zero attached hydrogens (tertiary/aromatic N) is 2. The summed E-state index contributed by atoms with van der Waals surface area (Å²) in [6, 6.07) is 8.03. The van der Waals surface area contributed by atoms with Gasteiger partial charge in [0, 0.05) is 12.7 Å². The molecule has 19 heavy (non-hydrogen) atoms. The molecule has 1 aromatic heterocycles. The first-order valence-corrected chi connectivity index (χ1v) is 6.63. The topological polar surface area (TPSA) is 41.9 Å². The van der Waals surface area contributed by atoms with Gasteiger partial charge in [0.1, 0.15) is 0 Å². The van der Waals surface area contributed by atoms with Gasteiger partial charge in [0.15, 0.2) is 5.11 Å². The van der Waals surface area contributed by atoms with Crippen LogP contribution in [0.25, 0.3) is 0 Å². The van der Waals surface area contributed by atoms with E-state index in [9.17, 15) is 0 Å². The van der Waals surface area contributed by atoms with Crippen LogP contribution in [0.2, 0.25) is 5.02 Å². The summed E-state index contributed by atoms with van der Waals surface area (Å²) in [4.78, 5) is 0. The number of benzene rings is 1. The zero-order valence-electron chi connectivity index (χ0n) is 10.8. The van der Waals surface area contributed by atoms with E-state index in [-0.39, 0.29) is 0 Å². The fraction of sp³-hybridized carbons (Fsp3) is 0.231. The molecular weight excluding hydrogens is 280 g/mol. The van der Waals surface area contributed by atoms with Gasteiger partial charge in [-0.2, -0.15) is 5.10 Å². The van der Waals surface area contributed by atoms with Crippen LogP contribution in [0.5, 0.6) is 0 Å². The van der Waals surface area contributed by atoms with E-state index in [2.05, 4.69) is 15.7 Å². The number of hydrogen-bond donors (Lipinski definition) is 2. The largest absolute Gasteiger partial charge is 0.357 e. The zero-order chi connectivity index (χ0) is 13.8. The van der Waals surface area contributed by atoms with Crippen LogP contribution in [0.4, 0.5) is 5.69 Å². The van der Waals surface area contributed by atoms with Crippen molar-refractivity contribution in [3.8, 4) is 0 Å². The Kier molecular flexibility index (Phi) is 4.39. The summed E-state index contributed by atoms with van der Waals surface area (Å²) in [6.45, 7) is 2.58. The molecule has 2 N–H and O–H groups in total. The lowest BCUT2D eigenvalue weighted by Gasteiger charge is -2.11. The van der Waals surface area contributed by atoms with Crippen LogP contribution in [0.1, 0.15) is 11.3 Å². The van der Waals surface area contributed by atoms with Crippen LogP contribution in [0.15, 0.2) is 30.5 Å². The summed E-state index contributed by atoms with van der Waals surface area (Å²) in [5, 5.41) is 11.5. The molecule has 2 rings (SSSR count). The average molecular weight is 295 g/mol. The SMILES string of the molecule is Cc1ccc(NC(=S)NCc2c(Cl)cnn2C)cc1. The van der Waals surface area contributed by atoms with Crippen molar-refractivity contribution >= 4 is 34.6 Å². The fourth-order valence-corrected chi connectivity index (χ4v) is 2.03. The zero-order valence-corrected chi connectivity index (χ0v) is 12.3. The highest BCUT2D eigenvalue weighted by Crippen LogP contribution is 2.13. The minimum Gasteiger partial charge on any atom is -0.357 e. The number of anilines is 1. The van der Waals surface area contributed by atoms with Crippen LogP contribution in [0, 0.1) is 6.92 Å². The molecule has 6 heteroatoms. The molecule has 4 nitrogen and oxygen atoms in total. The fourth-order valence-electron chi connectivity index (χ4n) is 1.61. The first-order valence-electron chi connectivity index (χ1n) is 5.84. The highest BCUT2D eigenvalue weighted by molar-refractivity contribution is 7.80. The standard InChI is InChI=1S/C13H15ClN4S/c1-9-3-5-10(6-4-9)17-13(19)15-8-12-11(14)7-16-18(12)2/h3-7H,8H2,1-2H3,(H2,15,17,19). The monoisotopic (exact) mass is 294 g/mol. The molecule has 0 amide bonds. The number of halogens is 1. The van der Waals surface area contributed by atoms with Crippen LogP contribution in [-0.2, 0) is 13.6 Å². The Morgan fingerprint density at radius 3 is 2.63 bits per heavy atom. The van der Waals surface area contributed by atoms with Crippen molar-refractivity contribution in [2.75, 3.05) is 5.32 Å². The van der Waals surface area contributed by atoms with E-state index in [1.54, 1.807) is 10.9 Å². The molecular formula is C13H15ClN4S. The molecule has 1 heterocycles. The number of aryl methyl sites for hydroxylation is 2. The highest BCUT2D eigenvalue weighted by Gasteiger charge is 2.06. The van der Waals surface area contributed by atoms with Gasteiger partial charge >= 0.3 is 0 Å². The van der Waals surface area contributed by atoms with Crippen molar-refractivity contribution in [2.24, 2.45) is 7.05 Å². The minimum atomic E-state index is 0.535. The molecule has 0 saturated heterocycles. The lowest BCUT2D eigenvalue weighted by Crippen LogP contribution is -2.28. The number of thiocarbonyl (C=S) groups is 1. The van der Waals surface area contributed by atoms with Gasteiger partial charge in [0.2, 0.25) is 0 Å². The first kappa shape index (κ1) is 13.8. The molecule has 100 valence electrons. The van der Waals surface area contributed by atoms with Gasteiger partial charge in [0.25, 0.3) is 0 Å². The van der Waals surface area contributed by atoms with Crippen molar-refractivity contribution < 1.29 is 0 Å². The molecule has 2 aromatic rings. The molecule has 0 saturated carbocycles. The normalized spacial score (nSPS) is 10.3. The van der Waals surface area contributed by atoms with Gasteiger partial charge in [-0.1, -0.05) is 29.3 Å². The Morgan fingerprint density at radius 2 is 2.05 bits per heavy atom. The Hall–Kier alpha value is -1.59. The molecule has 0 atom stereocenters. The molecule has 0 bridgehead atoms. The van der Waals surface area contributed by atoms with Gasteiger partial charge in [-0.15, -0.1) is 0 Å². The summed E-state index contributed by atoms with van der Waals surface area (Å²) < 4.78 is 1.73. The molecule has 0 unspecified atom stereocenters. The molecule has 0 fully saturated rings. The van der Waals surface area contributed by atoms with Crippen LogP contribution in [0.3, 0.4) is 0 Å². The molecule has 0 aliphatic rings. The molecule has 1 aromatic carbocycles. The maximum atomic E-state index is 6.02. The van der Waals surface area contributed by atoms with Crippen molar-refractivity contribution in [2.45, 2.75) is 13.5 Å². The van der Waals surface area contributed by atoms with Gasteiger partial charge in [-0.25, -0.2) is 0 Å².